The molecular weight excluding hydrogens is 380 g/mol. The molecular formula is C23H28N4OS. The van der Waals surface area contributed by atoms with Crippen LogP contribution in [0.4, 0.5) is 5.69 Å². The number of para-hydroxylation sites is 1. The highest BCUT2D eigenvalue weighted by atomic mass is 32.1. The summed E-state index contributed by atoms with van der Waals surface area (Å²) in [5, 5.41) is 0.906. The van der Waals surface area contributed by atoms with Crippen LogP contribution < -0.4 is 10.5 Å². The molecule has 2 aliphatic rings. The van der Waals surface area contributed by atoms with E-state index >= 15 is 0 Å². The van der Waals surface area contributed by atoms with E-state index in [1.54, 1.807) is 17.7 Å². The molecule has 3 heterocycles. The van der Waals surface area contributed by atoms with E-state index in [0.29, 0.717) is 0 Å². The number of anilines is 1. The van der Waals surface area contributed by atoms with Gasteiger partial charge in [0.05, 0.1) is 11.7 Å². The molecule has 1 aliphatic carbocycles. The van der Waals surface area contributed by atoms with E-state index in [0.717, 1.165) is 68.7 Å². The third-order valence-corrected chi connectivity index (χ3v) is 7.51. The molecule has 2 aromatic heterocycles. The van der Waals surface area contributed by atoms with Crippen molar-refractivity contribution in [1.82, 2.24) is 14.5 Å². The number of benzene rings is 1. The zero-order valence-corrected chi connectivity index (χ0v) is 17.7. The monoisotopic (exact) mass is 408 g/mol. The predicted molar refractivity (Wildman–Crippen MR) is 120 cm³/mol. The van der Waals surface area contributed by atoms with E-state index in [1.807, 2.05) is 4.57 Å². The van der Waals surface area contributed by atoms with Gasteiger partial charge >= 0.3 is 0 Å². The summed E-state index contributed by atoms with van der Waals surface area (Å²) in [6.45, 7) is 6.09. The number of aromatic nitrogens is 2. The van der Waals surface area contributed by atoms with Crippen molar-refractivity contribution in [2.45, 2.75) is 38.6 Å². The maximum atomic E-state index is 13.1. The molecule has 5 nitrogen and oxygen atoms in total. The van der Waals surface area contributed by atoms with Gasteiger partial charge in [-0.3, -0.25) is 14.3 Å². The summed E-state index contributed by atoms with van der Waals surface area (Å²) in [4.78, 5) is 25.0. The molecule has 1 aliphatic heterocycles. The SMILES string of the molecule is O=c1c2c3c(sc2ncn1CCCN1CCN(c2ccccc2)CC1)CCCC3. The van der Waals surface area contributed by atoms with Gasteiger partial charge in [-0.05, 0) is 56.3 Å². The first kappa shape index (κ1) is 18.8. The van der Waals surface area contributed by atoms with Crippen LogP contribution in [0.1, 0.15) is 29.7 Å². The highest BCUT2D eigenvalue weighted by molar-refractivity contribution is 7.18. The molecule has 0 radical (unpaired) electrons. The van der Waals surface area contributed by atoms with Gasteiger partial charge in [0, 0.05) is 43.3 Å². The summed E-state index contributed by atoms with van der Waals surface area (Å²) < 4.78 is 1.84. The third-order valence-electron chi connectivity index (χ3n) is 6.31. The van der Waals surface area contributed by atoms with Crippen LogP contribution in [0.5, 0.6) is 0 Å². The molecule has 0 saturated carbocycles. The van der Waals surface area contributed by atoms with Crippen molar-refractivity contribution in [3.8, 4) is 0 Å². The summed E-state index contributed by atoms with van der Waals surface area (Å²) in [6.07, 6.45) is 7.35. The fourth-order valence-electron chi connectivity index (χ4n) is 4.67. The maximum Gasteiger partial charge on any atom is 0.262 e. The van der Waals surface area contributed by atoms with Crippen LogP contribution in [0.2, 0.25) is 0 Å². The van der Waals surface area contributed by atoms with Gasteiger partial charge in [0.2, 0.25) is 0 Å². The third kappa shape index (κ3) is 3.83. The van der Waals surface area contributed by atoms with Gasteiger partial charge in [-0.15, -0.1) is 11.3 Å². The van der Waals surface area contributed by atoms with E-state index in [9.17, 15) is 4.79 Å². The molecule has 6 heteroatoms. The summed E-state index contributed by atoms with van der Waals surface area (Å²) in [5.74, 6) is 0. The van der Waals surface area contributed by atoms with Gasteiger partial charge < -0.3 is 4.90 Å². The molecule has 1 fully saturated rings. The molecule has 0 atom stereocenters. The first-order valence-corrected chi connectivity index (χ1v) is 11.6. The first-order chi connectivity index (χ1) is 14.3. The lowest BCUT2D eigenvalue weighted by atomic mass is 9.97. The molecule has 0 amide bonds. The topological polar surface area (TPSA) is 41.4 Å². The number of aryl methyl sites for hydroxylation is 3. The summed E-state index contributed by atoms with van der Waals surface area (Å²) in [6, 6.07) is 10.7. The van der Waals surface area contributed by atoms with Crippen LogP contribution in [-0.4, -0.2) is 47.2 Å². The van der Waals surface area contributed by atoms with E-state index in [-0.39, 0.29) is 5.56 Å². The highest BCUT2D eigenvalue weighted by Crippen LogP contribution is 2.33. The van der Waals surface area contributed by atoms with Gasteiger partial charge in [-0.1, -0.05) is 18.2 Å². The maximum absolute atomic E-state index is 13.1. The van der Waals surface area contributed by atoms with Crippen LogP contribution in [0.15, 0.2) is 41.5 Å². The van der Waals surface area contributed by atoms with Crippen LogP contribution >= 0.6 is 11.3 Å². The average molecular weight is 409 g/mol. The number of piperazine rings is 1. The minimum absolute atomic E-state index is 0.170. The average Bonchev–Trinajstić information content (AvgIpc) is 3.16. The van der Waals surface area contributed by atoms with Crippen molar-refractivity contribution < 1.29 is 0 Å². The first-order valence-electron chi connectivity index (χ1n) is 10.8. The number of hydrogen-bond donors (Lipinski definition) is 0. The molecule has 1 saturated heterocycles. The predicted octanol–water partition coefficient (Wildman–Crippen LogP) is 3.55. The molecule has 0 N–H and O–H groups in total. The summed E-state index contributed by atoms with van der Waals surface area (Å²) in [5.41, 5.74) is 2.78. The smallest absolute Gasteiger partial charge is 0.262 e. The molecule has 29 heavy (non-hydrogen) atoms. The van der Waals surface area contributed by atoms with Gasteiger partial charge in [0.25, 0.3) is 5.56 Å². The Hall–Kier alpha value is -2.18. The van der Waals surface area contributed by atoms with Crippen LogP contribution in [0.3, 0.4) is 0 Å². The molecule has 3 aromatic rings. The number of fused-ring (bicyclic) bond motifs is 3. The number of thiophene rings is 1. The zero-order valence-electron chi connectivity index (χ0n) is 16.8. The van der Waals surface area contributed by atoms with Crippen molar-refractivity contribution in [2.24, 2.45) is 0 Å². The molecule has 152 valence electrons. The molecule has 0 bridgehead atoms. The summed E-state index contributed by atoms with van der Waals surface area (Å²) in [7, 11) is 0. The Labute approximate surface area is 175 Å². The second-order valence-electron chi connectivity index (χ2n) is 8.15. The Morgan fingerprint density at radius 1 is 0.966 bits per heavy atom. The minimum atomic E-state index is 0.170. The lowest BCUT2D eigenvalue weighted by Gasteiger charge is -2.36. The van der Waals surface area contributed by atoms with Crippen molar-refractivity contribution in [1.29, 1.82) is 0 Å². The van der Waals surface area contributed by atoms with E-state index in [2.05, 4.69) is 45.1 Å². The van der Waals surface area contributed by atoms with E-state index in [4.69, 9.17) is 0 Å². The van der Waals surface area contributed by atoms with Crippen molar-refractivity contribution in [3.63, 3.8) is 0 Å². The Kier molecular flexibility index (Phi) is 5.38. The molecule has 0 spiro atoms. The van der Waals surface area contributed by atoms with Gasteiger partial charge in [0.1, 0.15) is 4.83 Å². The lowest BCUT2D eigenvalue weighted by molar-refractivity contribution is 0.250. The Morgan fingerprint density at radius 3 is 2.59 bits per heavy atom. The second-order valence-corrected chi connectivity index (χ2v) is 9.24. The second kappa shape index (κ2) is 8.28. The largest absolute Gasteiger partial charge is 0.369 e. The van der Waals surface area contributed by atoms with Crippen LogP contribution in [0, 0.1) is 0 Å². The standard InChI is InChI=1S/C23H28N4OS/c28-23-21-19-9-4-5-10-20(19)29-22(21)24-17-27(23)12-6-11-25-13-15-26(16-14-25)18-7-2-1-3-8-18/h1-3,7-8,17H,4-6,9-16H2. The van der Waals surface area contributed by atoms with E-state index in [1.165, 1.54) is 29.0 Å². The fourth-order valence-corrected chi connectivity index (χ4v) is 5.89. The molecule has 5 rings (SSSR count). The minimum Gasteiger partial charge on any atom is -0.369 e. The quantitative estimate of drug-likeness (QED) is 0.647. The lowest BCUT2D eigenvalue weighted by Crippen LogP contribution is -2.46. The van der Waals surface area contributed by atoms with Crippen molar-refractivity contribution >= 4 is 27.2 Å². The van der Waals surface area contributed by atoms with Crippen LogP contribution in [0.25, 0.3) is 10.2 Å². The number of nitrogens with zero attached hydrogens (tertiary/aromatic N) is 4. The Balaban J connectivity index is 1.19. The van der Waals surface area contributed by atoms with Crippen LogP contribution in [-0.2, 0) is 19.4 Å². The zero-order chi connectivity index (χ0) is 19.6. The number of hydrogen-bond acceptors (Lipinski definition) is 5. The van der Waals surface area contributed by atoms with Crippen molar-refractivity contribution in [2.75, 3.05) is 37.6 Å². The summed E-state index contributed by atoms with van der Waals surface area (Å²) >= 11 is 1.73. The normalized spacial score (nSPS) is 17.6. The van der Waals surface area contributed by atoms with Crippen molar-refractivity contribution in [3.05, 3.63) is 57.5 Å². The van der Waals surface area contributed by atoms with Gasteiger partial charge in [-0.25, -0.2) is 4.98 Å². The highest BCUT2D eigenvalue weighted by Gasteiger charge is 2.20. The Morgan fingerprint density at radius 2 is 1.76 bits per heavy atom. The van der Waals surface area contributed by atoms with Gasteiger partial charge in [0.15, 0.2) is 0 Å². The fraction of sp³-hybridized carbons (Fsp3) is 0.478. The molecule has 0 unspecified atom stereocenters. The Bertz CT molecular complexity index is 1030. The van der Waals surface area contributed by atoms with Gasteiger partial charge in [-0.2, -0.15) is 0 Å². The molecule has 1 aromatic carbocycles. The van der Waals surface area contributed by atoms with E-state index < -0.39 is 0 Å². The number of rotatable bonds is 5.